The van der Waals surface area contributed by atoms with Gasteiger partial charge in [0.15, 0.2) is 0 Å². The molecule has 0 fully saturated rings. The molecule has 0 aliphatic carbocycles. The van der Waals surface area contributed by atoms with Crippen molar-refractivity contribution in [2.24, 2.45) is 0 Å². The number of aromatic nitrogens is 4. The molecule has 0 atom stereocenters. The van der Waals surface area contributed by atoms with Gasteiger partial charge in [0, 0.05) is 40.7 Å². The average Bonchev–Trinajstić information content (AvgIpc) is 3.41. The minimum absolute atomic E-state index is 0. The lowest BCUT2D eigenvalue weighted by Crippen LogP contribution is -2.10. The Bertz CT molecular complexity index is 1410. The van der Waals surface area contributed by atoms with Crippen LogP contribution in [0.3, 0.4) is 0 Å². The summed E-state index contributed by atoms with van der Waals surface area (Å²) >= 11 is 2.55. The number of nitrogens with zero attached hydrogens (tertiary/aromatic N) is 4. The number of halogens is 6. The number of aryl methyl sites for hydroxylation is 2. The summed E-state index contributed by atoms with van der Waals surface area (Å²) in [5, 5.41) is 4.48. The molecule has 0 aliphatic heterocycles. The maximum Gasteiger partial charge on any atom is 0.433 e. The highest BCUT2D eigenvalue weighted by Gasteiger charge is 2.35. The summed E-state index contributed by atoms with van der Waals surface area (Å²) in [6.07, 6.45) is -6.33. The SMILES string of the molecule is C.CC(=O)Cc1csc(-c2cnc(C(F)(F)F)c(C)c2)n1.Cc1cc(-c2nc(N)cs2)cnc1C(F)(F)F. The molecule has 6 nitrogen and oxygen atoms in total. The van der Waals surface area contributed by atoms with E-state index in [9.17, 15) is 31.1 Å². The summed E-state index contributed by atoms with van der Waals surface area (Å²) in [5.74, 6) is 0.339. The Morgan fingerprint density at radius 1 is 0.842 bits per heavy atom. The molecule has 0 saturated heterocycles. The van der Waals surface area contributed by atoms with E-state index in [2.05, 4.69) is 19.9 Å². The Kier molecular flexibility index (Phi) is 9.72. The molecule has 0 spiro atoms. The summed E-state index contributed by atoms with van der Waals surface area (Å²) < 4.78 is 75.3. The third-order valence-electron chi connectivity index (χ3n) is 4.69. The lowest BCUT2D eigenvalue weighted by Gasteiger charge is -2.09. The number of anilines is 1. The monoisotopic (exact) mass is 575 g/mol. The van der Waals surface area contributed by atoms with E-state index in [-0.39, 0.29) is 30.8 Å². The van der Waals surface area contributed by atoms with Gasteiger partial charge in [-0.3, -0.25) is 14.8 Å². The van der Waals surface area contributed by atoms with Gasteiger partial charge in [-0.2, -0.15) is 26.3 Å². The summed E-state index contributed by atoms with van der Waals surface area (Å²) in [7, 11) is 0. The van der Waals surface area contributed by atoms with Crippen molar-refractivity contribution in [1.29, 1.82) is 0 Å². The molecule has 0 saturated carbocycles. The van der Waals surface area contributed by atoms with Crippen LogP contribution in [-0.4, -0.2) is 25.7 Å². The van der Waals surface area contributed by atoms with Crippen molar-refractivity contribution in [1.82, 2.24) is 19.9 Å². The Labute approximate surface area is 222 Å². The number of hydrogen-bond acceptors (Lipinski definition) is 8. The third-order valence-corrected chi connectivity index (χ3v) is 6.54. The Hall–Kier alpha value is -3.39. The number of Topliss-reactive ketones (excluding diaryl/α,β-unsaturated/α-hetero) is 1. The van der Waals surface area contributed by atoms with Crippen molar-refractivity contribution in [2.45, 2.75) is 47.0 Å². The highest BCUT2D eigenvalue weighted by atomic mass is 32.1. The largest absolute Gasteiger partial charge is 0.433 e. The molecular formula is C24H23F6N5OS2. The molecule has 2 N–H and O–H groups in total. The highest BCUT2D eigenvalue weighted by Crippen LogP contribution is 2.34. The molecule has 14 heteroatoms. The van der Waals surface area contributed by atoms with Crippen LogP contribution in [0.2, 0.25) is 0 Å². The Balaban J connectivity index is 0.000000263. The summed E-state index contributed by atoms with van der Waals surface area (Å²) in [4.78, 5) is 26.1. The van der Waals surface area contributed by atoms with Gasteiger partial charge >= 0.3 is 12.4 Å². The van der Waals surface area contributed by atoms with E-state index in [1.165, 1.54) is 55.6 Å². The molecule has 4 heterocycles. The minimum Gasteiger partial charge on any atom is -0.383 e. The quantitative estimate of drug-likeness (QED) is 0.255. The van der Waals surface area contributed by atoms with Crippen LogP contribution < -0.4 is 5.73 Å². The predicted molar refractivity (Wildman–Crippen MR) is 136 cm³/mol. The number of ketones is 1. The van der Waals surface area contributed by atoms with Crippen LogP contribution in [0.25, 0.3) is 21.1 Å². The van der Waals surface area contributed by atoms with Crippen LogP contribution in [-0.2, 0) is 23.6 Å². The number of pyridine rings is 2. The van der Waals surface area contributed by atoms with Gasteiger partial charge in [0.2, 0.25) is 0 Å². The van der Waals surface area contributed by atoms with Crippen LogP contribution in [0.1, 0.15) is 42.6 Å². The maximum absolute atomic E-state index is 12.6. The first-order chi connectivity index (χ1) is 17.1. The normalized spacial score (nSPS) is 11.4. The molecule has 38 heavy (non-hydrogen) atoms. The average molecular weight is 576 g/mol. The predicted octanol–water partition coefficient (Wildman–Crippen LogP) is 7.41. The maximum atomic E-state index is 12.6. The van der Waals surface area contributed by atoms with Crippen LogP contribution >= 0.6 is 22.7 Å². The van der Waals surface area contributed by atoms with E-state index >= 15 is 0 Å². The van der Waals surface area contributed by atoms with Crippen molar-refractivity contribution in [3.05, 3.63) is 63.5 Å². The van der Waals surface area contributed by atoms with Crippen molar-refractivity contribution in [2.75, 3.05) is 5.73 Å². The molecule has 4 rings (SSSR count). The molecule has 4 aromatic heterocycles. The first kappa shape index (κ1) is 30.8. The number of carbonyl (C=O) groups is 1. The summed E-state index contributed by atoms with van der Waals surface area (Å²) in [6.45, 7) is 4.20. The Morgan fingerprint density at radius 2 is 1.29 bits per heavy atom. The third kappa shape index (κ3) is 7.81. The highest BCUT2D eigenvalue weighted by molar-refractivity contribution is 7.13. The second-order valence-corrected chi connectivity index (χ2v) is 9.59. The minimum atomic E-state index is -4.45. The number of nitrogen functional groups attached to an aromatic ring is 1. The first-order valence-electron chi connectivity index (χ1n) is 10.4. The van der Waals surface area contributed by atoms with Gasteiger partial charge in [0.05, 0.1) is 5.69 Å². The number of alkyl halides is 6. The zero-order valence-electron chi connectivity index (χ0n) is 19.5. The second-order valence-electron chi connectivity index (χ2n) is 7.87. The molecule has 0 radical (unpaired) electrons. The number of hydrogen-bond donors (Lipinski definition) is 1. The number of carbonyl (C=O) groups excluding carboxylic acids is 1. The Morgan fingerprint density at radius 3 is 1.66 bits per heavy atom. The zero-order chi connectivity index (χ0) is 27.5. The van der Waals surface area contributed by atoms with Crippen LogP contribution in [0, 0.1) is 13.8 Å². The van der Waals surface area contributed by atoms with E-state index in [0.717, 1.165) is 12.4 Å². The van der Waals surface area contributed by atoms with E-state index < -0.39 is 23.7 Å². The smallest absolute Gasteiger partial charge is 0.383 e. The zero-order valence-corrected chi connectivity index (χ0v) is 21.2. The van der Waals surface area contributed by atoms with Crippen molar-refractivity contribution >= 4 is 34.3 Å². The van der Waals surface area contributed by atoms with Gasteiger partial charge in [-0.1, -0.05) is 7.43 Å². The van der Waals surface area contributed by atoms with Gasteiger partial charge in [-0.05, 0) is 44.0 Å². The molecule has 0 amide bonds. The molecule has 4 aromatic rings. The van der Waals surface area contributed by atoms with E-state index in [4.69, 9.17) is 5.73 Å². The standard InChI is InChI=1S/C13H11F3N2OS.C10H8F3N3S.CH4/c1-7-3-9(5-17-11(7)13(14,15)16)12-18-10(6-20-12)4-8(2)19;1-5-2-6(9-16-7(14)4-17-9)3-15-8(5)10(11,12)13;/h3,5-6H,4H2,1-2H3;2-4H,14H2,1H3;1H4. The molecule has 0 bridgehead atoms. The van der Waals surface area contributed by atoms with Crippen LogP contribution in [0.4, 0.5) is 32.2 Å². The number of rotatable bonds is 4. The van der Waals surface area contributed by atoms with Crippen molar-refractivity contribution < 1.29 is 31.1 Å². The van der Waals surface area contributed by atoms with Gasteiger partial charge in [-0.25, -0.2) is 9.97 Å². The molecule has 0 unspecified atom stereocenters. The fourth-order valence-electron chi connectivity index (χ4n) is 3.17. The summed E-state index contributed by atoms with van der Waals surface area (Å²) in [6, 6.07) is 2.82. The topological polar surface area (TPSA) is 94.7 Å². The van der Waals surface area contributed by atoms with Gasteiger partial charge < -0.3 is 5.73 Å². The van der Waals surface area contributed by atoms with Crippen molar-refractivity contribution in [3.8, 4) is 21.1 Å². The van der Waals surface area contributed by atoms with Gasteiger partial charge in [0.25, 0.3) is 0 Å². The molecule has 0 aliphatic rings. The van der Waals surface area contributed by atoms with Crippen LogP contribution in [0.15, 0.2) is 35.3 Å². The first-order valence-corrected chi connectivity index (χ1v) is 12.1. The fourth-order valence-corrected chi connectivity index (χ4v) is 4.66. The lowest BCUT2D eigenvalue weighted by atomic mass is 10.1. The second kappa shape index (κ2) is 12.0. The van der Waals surface area contributed by atoms with E-state index in [0.29, 0.717) is 32.7 Å². The van der Waals surface area contributed by atoms with Crippen LogP contribution in [0.5, 0.6) is 0 Å². The molecular weight excluding hydrogens is 552 g/mol. The molecule has 0 aromatic carbocycles. The van der Waals surface area contributed by atoms with Crippen molar-refractivity contribution in [3.63, 3.8) is 0 Å². The number of nitrogens with two attached hydrogens (primary N) is 1. The van der Waals surface area contributed by atoms with E-state index in [1.807, 2.05) is 0 Å². The fraction of sp³-hybridized carbons (Fsp3) is 0.292. The number of thiazole rings is 2. The lowest BCUT2D eigenvalue weighted by molar-refractivity contribution is -0.142. The van der Waals surface area contributed by atoms with Gasteiger partial charge in [0.1, 0.15) is 33.0 Å². The van der Waals surface area contributed by atoms with Gasteiger partial charge in [-0.15, -0.1) is 22.7 Å². The summed E-state index contributed by atoms with van der Waals surface area (Å²) in [5.41, 5.74) is 5.50. The molecule has 204 valence electrons. The van der Waals surface area contributed by atoms with E-state index in [1.54, 1.807) is 10.8 Å².